The highest BCUT2D eigenvalue weighted by Crippen LogP contribution is 2.31. The van der Waals surface area contributed by atoms with E-state index in [4.69, 9.17) is 4.74 Å². The van der Waals surface area contributed by atoms with E-state index in [1.807, 2.05) is 6.07 Å². The number of morpholine rings is 1. The third kappa shape index (κ3) is 3.48. The second kappa shape index (κ2) is 6.10. The number of benzene rings is 1. The van der Waals surface area contributed by atoms with Crippen LogP contribution < -0.4 is 0 Å². The van der Waals surface area contributed by atoms with E-state index < -0.39 is 11.7 Å². The lowest BCUT2D eigenvalue weighted by atomic mass is 10.1. The molecular weight excluding hydrogens is 295 g/mol. The molecule has 0 unspecified atom stereocenters. The minimum atomic E-state index is -4.31. The van der Waals surface area contributed by atoms with Gasteiger partial charge < -0.3 is 4.74 Å². The number of ether oxygens (including phenoxy) is 1. The van der Waals surface area contributed by atoms with Crippen molar-refractivity contribution in [1.82, 2.24) is 15.1 Å². The molecular formula is C15H16F3N3O. The molecule has 1 aromatic carbocycles. The Morgan fingerprint density at radius 2 is 2.00 bits per heavy atom. The zero-order valence-electron chi connectivity index (χ0n) is 11.8. The van der Waals surface area contributed by atoms with Gasteiger partial charge in [0, 0.05) is 31.5 Å². The van der Waals surface area contributed by atoms with Crippen LogP contribution in [0.2, 0.25) is 0 Å². The van der Waals surface area contributed by atoms with Crippen molar-refractivity contribution in [2.75, 3.05) is 19.7 Å². The van der Waals surface area contributed by atoms with Crippen LogP contribution in [0.3, 0.4) is 0 Å². The summed E-state index contributed by atoms with van der Waals surface area (Å²) in [6.45, 7) is 2.71. The van der Waals surface area contributed by atoms with Crippen molar-refractivity contribution >= 4 is 0 Å². The molecule has 2 heterocycles. The highest BCUT2D eigenvalue weighted by atomic mass is 19.4. The summed E-state index contributed by atoms with van der Waals surface area (Å²) < 4.78 is 43.5. The van der Waals surface area contributed by atoms with E-state index >= 15 is 0 Å². The van der Waals surface area contributed by atoms with Gasteiger partial charge in [-0.25, -0.2) is 0 Å². The maximum absolute atomic E-state index is 12.6. The van der Waals surface area contributed by atoms with Gasteiger partial charge in [-0.05, 0) is 23.8 Å². The Kier molecular flexibility index (Phi) is 4.17. The number of aromatic amines is 1. The maximum Gasteiger partial charge on any atom is 0.416 e. The van der Waals surface area contributed by atoms with Crippen LogP contribution in [0.5, 0.6) is 0 Å². The Labute approximate surface area is 125 Å². The van der Waals surface area contributed by atoms with Gasteiger partial charge in [0.1, 0.15) is 0 Å². The van der Waals surface area contributed by atoms with Gasteiger partial charge in [0.2, 0.25) is 0 Å². The quantitative estimate of drug-likeness (QED) is 0.947. The summed E-state index contributed by atoms with van der Waals surface area (Å²) >= 11 is 0. The predicted molar refractivity (Wildman–Crippen MR) is 74.0 cm³/mol. The molecule has 1 aliphatic rings. The minimum Gasteiger partial charge on any atom is -0.371 e. The first kappa shape index (κ1) is 15.1. The van der Waals surface area contributed by atoms with Gasteiger partial charge in [0.15, 0.2) is 0 Å². The van der Waals surface area contributed by atoms with Crippen LogP contribution in [0.4, 0.5) is 13.2 Å². The molecule has 1 atom stereocenters. The highest BCUT2D eigenvalue weighted by Gasteiger charge is 2.30. The van der Waals surface area contributed by atoms with Crippen molar-refractivity contribution in [3.63, 3.8) is 0 Å². The molecule has 0 spiro atoms. The van der Waals surface area contributed by atoms with E-state index in [1.54, 1.807) is 6.20 Å². The molecule has 2 aromatic rings. The summed E-state index contributed by atoms with van der Waals surface area (Å²) in [6, 6.07) is 7.10. The van der Waals surface area contributed by atoms with Gasteiger partial charge in [0.25, 0.3) is 0 Å². The minimum absolute atomic E-state index is 0.209. The van der Waals surface area contributed by atoms with Crippen LogP contribution in [-0.4, -0.2) is 34.8 Å². The Morgan fingerprint density at radius 3 is 2.64 bits per heavy atom. The molecule has 1 aliphatic heterocycles. The molecule has 22 heavy (non-hydrogen) atoms. The van der Waals surface area contributed by atoms with Crippen LogP contribution in [0.15, 0.2) is 36.5 Å². The fourth-order valence-corrected chi connectivity index (χ4v) is 2.55. The number of aromatic nitrogens is 2. The Morgan fingerprint density at radius 1 is 1.23 bits per heavy atom. The zero-order chi connectivity index (χ0) is 15.6. The van der Waals surface area contributed by atoms with E-state index in [2.05, 4.69) is 15.1 Å². The number of hydrogen-bond acceptors (Lipinski definition) is 3. The number of halogens is 3. The number of nitrogens with zero attached hydrogens (tertiary/aromatic N) is 2. The Bertz CT molecular complexity index is 595. The lowest BCUT2D eigenvalue weighted by Gasteiger charge is -2.32. The topological polar surface area (TPSA) is 41.2 Å². The van der Waals surface area contributed by atoms with E-state index in [9.17, 15) is 13.2 Å². The second-order valence-electron chi connectivity index (χ2n) is 5.30. The highest BCUT2D eigenvalue weighted by molar-refractivity contribution is 5.26. The van der Waals surface area contributed by atoms with Crippen molar-refractivity contribution in [3.8, 4) is 0 Å². The first-order valence-electron chi connectivity index (χ1n) is 7.02. The number of H-pyrrole nitrogens is 1. The van der Waals surface area contributed by atoms with E-state index in [1.165, 1.54) is 12.1 Å². The first-order chi connectivity index (χ1) is 10.5. The average molecular weight is 311 g/mol. The van der Waals surface area contributed by atoms with Crippen LogP contribution >= 0.6 is 0 Å². The summed E-state index contributed by atoms with van der Waals surface area (Å²) in [5.41, 5.74) is 1.14. The fraction of sp³-hybridized carbons (Fsp3) is 0.400. The maximum atomic E-state index is 12.6. The standard InChI is InChI=1S/C15H16F3N3O/c16-15(17,18)12-3-1-11(2-4-12)14-10-21(7-8-22-14)9-13-5-6-19-20-13/h1-6,14H,7-10H2,(H,19,20)/t14-/m1/s1. The van der Waals surface area contributed by atoms with Gasteiger partial charge in [0.05, 0.1) is 18.3 Å². The summed E-state index contributed by atoms with van der Waals surface area (Å²) in [4.78, 5) is 2.19. The Balaban J connectivity index is 1.66. The van der Waals surface area contributed by atoms with E-state index in [0.717, 1.165) is 36.5 Å². The summed E-state index contributed by atoms with van der Waals surface area (Å²) in [6.07, 6.45) is -2.82. The van der Waals surface area contributed by atoms with Crippen LogP contribution in [0.25, 0.3) is 0 Å². The summed E-state index contributed by atoms with van der Waals surface area (Å²) in [5.74, 6) is 0. The number of alkyl halides is 3. The largest absolute Gasteiger partial charge is 0.416 e. The van der Waals surface area contributed by atoms with Crippen molar-refractivity contribution in [2.45, 2.75) is 18.8 Å². The van der Waals surface area contributed by atoms with Crippen LogP contribution in [0, 0.1) is 0 Å². The summed E-state index contributed by atoms with van der Waals surface area (Å²) in [7, 11) is 0. The third-order valence-corrected chi connectivity index (χ3v) is 3.71. The Hall–Kier alpha value is -1.86. The van der Waals surface area contributed by atoms with Crippen molar-refractivity contribution < 1.29 is 17.9 Å². The lowest BCUT2D eigenvalue weighted by Crippen LogP contribution is -2.37. The SMILES string of the molecule is FC(F)(F)c1ccc([C@H]2CN(Cc3ccn[nH]3)CCO2)cc1. The van der Waals surface area contributed by atoms with Crippen LogP contribution in [-0.2, 0) is 17.5 Å². The molecule has 0 saturated carbocycles. The summed E-state index contributed by atoms with van der Waals surface area (Å²) in [5, 5.41) is 6.81. The molecule has 1 aromatic heterocycles. The van der Waals surface area contributed by atoms with Crippen molar-refractivity contribution in [3.05, 3.63) is 53.3 Å². The molecule has 0 radical (unpaired) electrons. The lowest BCUT2D eigenvalue weighted by molar-refractivity contribution is -0.137. The van der Waals surface area contributed by atoms with Gasteiger partial charge >= 0.3 is 6.18 Å². The number of nitrogens with one attached hydrogen (secondary N) is 1. The van der Waals surface area contributed by atoms with Gasteiger partial charge in [-0.2, -0.15) is 18.3 Å². The van der Waals surface area contributed by atoms with Gasteiger partial charge in [-0.3, -0.25) is 10.00 Å². The molecule has 4 nitrogen and oxygen atoms in total. The fourth-order valence-electron chi connectivity index (χ4n) is 2.55. The molecule has 3 rings (SSSR count). The van der Waals surface area contributed by atoms with Gasteiger partial charge in [-0.15, -0.1) is 0 Å². The molecule has 7 heteroatoms. The molecule has 1 fully saturated rings. The molecule has 0 aliphatic carbocycles. The smallest absolute Gasteiger partial charge is 0.371 e. The number of hydrogen-bond donors (Lipinski definition) is 1. The predicted octanol–water partition coefficient (Wildman–Crippen LogP) is 3.00. The van der Waals surface area contributed by atoms with E-state index in [0.29, 0.717) is 13.2 Å². The second-order valence-corrected chi connectivity index (χ2v) is 5.30. The number of rotatable bonds is 3. The van der Waals surface area contributed by atoms with Crippen LogP contribution in [0.1, 0.15) is 22.9 Å². The van der Waals surface area contributed by atoms with Crippen molar-refractivity contribution in [1.29, 1.82) is 0 Å². The third-order valence-electron chi connectivity index (χ3n) is 3.71. The van der Waals surface area contributed by atoms with Gasteiger partial charge in [-0.1, -0.05) is 12.1 Å². The average Bonchev–Trinajstić information content (AvgIpc) is 3.00. The molecule has 1 saturated heterocycles. The van der Waals surface area contributed by atoms with E-state index in [-0.39, 0.29) is 6.10 Å². The molecule has 1 N–H and O–H groups in total. The molecule has 0 bridgehead atoms. The van der Waals surface area contributed by atoms with Crippen molar-refractivity contribution in [2.24, 2.45) is 0 Å². The molecule has 118 valence electrons. The monoisotopic (exact) mass is 311 g/mol. The molecule has 0 amide bonds. The normalized spacial score (nSPS) is 20.2. The first-order valence-corrected chi connectivity index (χ1v) is 7.02. The zero-order valence-corrected chi connectivity index (χ0v) is 11.8.